The third-order valence-electron chi connectivity index (χ3n) is 4.38. The van der Waals surface area contributed by atoms with Crippen molar-refractivity contribution in [1.29, 1.82) is 0 Å². The van der Waals surface area contributed by atoms with Crippen molar-refractivity contribution in [2.24, 2.45) is 0 Å². The Labute approximate surface area is 169 Å². The van der Waals surface area contributed by atoms with E-state index in [9.17, 15) is 4.57 Å². The Morgan fingerprint density at radius 3 is 1.90 bits per heavy atom. The molecular weight excluding hydrogens is 383 g/mol. The molecule has 6 heteroatoms. The topological polar surface area (TPSA) is 60.5 Å². The van der Waals surface area contributed by atoms with Crippen LogP contribution < -0.4 is 14.1 Å². The molecule has 0 aliphatic rings. The summed E-state index contributed by atoms with van der Waals surface area (Å²) in [6, 6.07) is 24.1. The highest BCUT2D eigenvalue weighted by Crippen LogP contribution is 2.49. The maximum Gasteiger partial charge on any atom is 0.541 e. The van der Waals surface area contributed by atoms with Gasteiger partial charge in [-0.15, -0.1) is 0 Å². The van der Waals surface area contributed by atoms with Gasteiger partial charge in [-0.3, -0.25) is 10.1 Å². The van der Waals surface area contributed by atoms with E-state index < -0.39 is 7.75 Å². The normalized spacial score (nSPS) is 11.2. The van der Waals surface area contributed by atoms with Crippen molar-refractivity contribution in [3.8, 4) is 11.5 Å². The van der Waals surface area contributed by atoms with Crippen LogP contribution in [-0.4, -0.2) is 4.98 Å². The van der Waals surface area contributed by atoms with E-state index in [-0.39, 0.29) is 0 Å². The van der Waals surface area contributed by atoms with E-state index in [1.54, 1.807) is 36.5 Å². The molecule has 0 fully saturated rings. The van der Waals surface area contributed by atoms with Gasteiger partial charge in [-0.05, 0) is 50.2 Å². The molecule has 0 atom stereocenters. The van der Waals surface area contributed by atoms with Crippen LogP contribution in [0.25, 0.3) is 10.9 Å². The number of rotatable bonds is 6. The lowest BCUT2D eigenvalue weighted by molar-refractivity contribution is 0.393. The molecule has 4 rings (SSSR count). The molecule has 0 spiro atoms. The van der Waals surface area contributed by atoms with E-state index >= 15 is 0 Å². The molecule has 0 bridgehead atoms. The number of aryl methyl sites for hydroxylation is 2. The Morgan fingerprint density at radius 1 is 0.759 bits per heavy atom. The zero-order valence-corrected chi connectivity index (χ0v) is 17.1. The predicted molar refractivity (Wildman–Crippen MR) is 117 cm³/mol. The first-order valence-corrected chi connectivity index (χ1v) is 10.8. The summed E-state index contributed by atoms with van der Waals surface area (Å²) >= 11 is 0. The maximum absolute atomic E-state index is 13.8. The number of fused-ring (bicyclic) bond motifs is 1. The van der Waals surface area contributed by atoms with E-state index in [1.807, 2.05) is 62.4 Å². The largest absolute Gasteiger partial charge is 0.541 e. The SMILES string of the molecule is Cc1ccc(OP(=O)(Nc2cccc3cccnc23)Oc2ccc(C)cc2)cc1. The van der Waals surface area contributed by atoms with Gasteiger partial charge >= 0.3 is 7.75 Å². The number of aromatic nitrogens is 1. The molecule has 0 saturated carbocycles. The molecule has 29 heavy (non-hydrogen) atoms. The predicted octanol–water partition coefficient (Wildman–Crippen LogP) is 6.53. The van der Waals surface area contributed by atoms with Crippen molar-refractivity contribution in [2.45, 2.75) is 13.8 Å². The molecule has 4 aromatic rings. The van der Waals surface area contributed by atoms with Crippen LogP contribution in [0, 0.1) is 13.8 Å². The average molecular weight is 404 g/mol. The van der Waals surface area contributed by atoms with Crippen molar-refractivity contribution in [2.75, 3.05) is 5.09 Å². The van der Waals surface area contributed by atoms with E-state index in [2.05, 4.69) is 10.1 Å². The highest BCUT2D eigenvalue weighted by Gasteiger charge is 2.30. The summed E-state index contributed by atoms with van der Waals surface area (Å²) in [6.07, 6.45) is 1.69. The van der Waals surface area contributed by atoms with Gasteiger partial charge in [0, 0.05) is 11.6 Å². The van der Waals surface area contributed by atoms with Gasteiger partial charge in [0.1, 0.15) is 11.5 Å². The molecule has 0 amide bonds. The van der Waals surface area contributed by atoms with Crippen LogP contribution in [0.2, 0.25) is 0 Å². The van der Waals surface area contributed by atoms with Crippen molar-refractivity contribution in [1.82, 2.24) is 4.98 Å². The maximum atomic E-state index is 13.8. The minimum atomic E-state index is -3.81. The quantitative estimate of drug-likeness (QED) is 0.370. The lowest BCUT2D eigenvalue weighted by Crippen LogP contribution is -2.10. The number of para-hydroxylation sites is 1. The van der Waals surface area contributed by atoms with Crippen LogP contribution in [0.1, 0.15) is 11.1 Å². The van der Waals surface area contributed by atoms with Crippen molar-refractivity contribution >= 4 is 24.3 Å². The number of nitrogens with zero attached hydrogens (tertiary/aromatic N) is 1. The van der Waals surface area contributed by atoms with Crippen molar-refractivity contribution in [3.05, 3.63) is 96.2 Å². The van der Waals surface area contributed by atoms with Crippen molar-refractivity contribution < 1.29 is 13.6 Å². The van der Waals surface area contributed by atoms with Gasteiger partial charge in [0.15, 0.2) is 0 Å². The molecule has 0 saturated heterocycles. The van der Waals surface area contributed by atoms with Gasteiger partial charge in [0.2, 0.25) is 0 Å². The lowest BCUT2D eigenvalue weighted by atomic mass is 10.2. The Morgan fingerprint density at radius 2 is 1.31 bits per heavy atom. The van der Waals surface area contributed by atoms with Crippen LogP contribution in [0.5, 0.6) is 11.5 Å². The first kappa shape index (κ1) is 19.0. The molecule has 1 aromatic heterocycles. The molecule has 3 aromatic carbocycles. The number of nitrogens with one attached hydrogen (secondary N) is 1. The second kappa shape index (κ2) is 7.98. The van der Waals surface area contributed by atoms with Gasteiger partial charge in [0.25, 0.3) is 0 Å². The van der Waals surface area contributed by atoms with Gasteiger partial charge in [-0.1, -0.05) is 53.6 Å². The summed E-state index contributed by atoms with van der Waals surface area (Å²) in [5.41, 5.74) is 3.43. The number of anilines is 1. The monoisotopic (exact) mass is 404 g/mol. The fourth-order valence-electron chi connectivity index (χ4n) is 2.88. The van der Waals surface area contributed by atoms with E-state index in [4.69, 9.17) is 9.05 Å². The summed E-state index contributed by atoms with van der Waals surface area (Å²) in [5.74, 6) is 0.901. The lowest BCUT2D eigenvalue weighted by Gasteiger charge is -2.21. The zero-order chi connectivity index (χ0) is 20.3. The molecular formula is C23H21N2O3P. The Balaban J connectivity index is 1.71. The van der Waals surface area contributed by atoms with Gasteiger partial charge in [-0.2, -0.15) is 0 Å². The molecule has 1 heterocycles. The molecule has 0 aliphatic carbocycles. The summed E-state index contributed by atoms with van der Waals surface area (Å²) in [7, 11) is -3.81. The smallest absolute Gasteiger partial charge is 0.400 e. The number of benzene rings is 3. The summed E-state index contributed by atoms with van der Waals surface area (Å²) in [4.78, 5) is 4.41. The fraction of sp³-hybridized carbons (Fsp3) is 0.0870. The second-order valence-electron chi connectivity index (χ2n) is 6.80. The van der Waals surface area contributed by atoms with E-state index in [0.717, 1.165) is 16.5 Å². The highest BCUT2D eigenvalue weighted by molar-refractivity contribution is 7.56. The van der Waals surface area contributed by atoms with Crippen LogP contribution in [-0.2, 0) is 4.57 Å². The third-order valence-corrected chi connectivity index (χ3v) is 5.80. The highest BCUT2D eigenvalue weighted by atomic mass is 31.2. The third kappa shape index (κ3) is 4.58. The number of hydrogen-bond donors (Lipinski definition) is 1. The molecule has 146 valence electrons. The molecule has 1 N–H and O–H groups in total. The summed E-state index contributed by atoms with van der Waals surface area (Å²) in [5, 5.41) is 3.90. The first-order chi connectivity index (χ1) is 14.0. The fourth-order valence-corrected chi connectivity index (χ4v) is 4.28. The summed E-state index contributed by atoms with van der Waals surface area (Å²) < 4.78 is 25.4. The van der Waals surface area contributed by atoms with Crippen LogP contribution in [0.3, 0.4) is 0 Å². The van der Waals surface area contributed by atoms with Crippen LogP contribution in [0.15, 0.2) is 85.1 Å². The minimum absolute atomic E-state index is 0.451. The molecule has 0 radical (unpaired) electrons. The van der Waals surface area contributed by atoms with Crippen LogP contribution in [0.4, 0.5) is 5.69 Å². The van der Waals surface area contributed by atoms with Gasteiger partial charge in [-0.25, -0.2) is 4.57 Å². The minimum Gasteiger partial charge on any atom is -0.400 e. The van der Waals surface area contributed by atoms with Crippen LogP contribution >= 0.6 is 7.75 Å². The average Bonchev–Trinajstić information content (AvgIpc) is 2.72. The van der Waals surface area contributed by atoms with Crippen molar-refractivity contribution in [3.63, 3.8) is 0 Å². The van der Waals surface area contributed by atoms with E-state index in [0.29, 0.717) is 22.7 Å². The second-order valence-corrected chi connectivity index (χ2v) is 8.38. The summed E-state index contributed by atoms with van der Waals surface area (Å²) in [6.45, 7) is 3.96. The Kier molecular flexibility index (Phi) is 5.24. The van der Waals surface area contributed by atoms with Gasteiger partial charge in [0.05, 0.1) is 11.2 Å². The zero-order valence-electron chi connectivity index (χ0n) is 16.2. The number of pyridine rings is 1. The first-order valence-electron chi connectivity index (χ1n) is 9.25. The molecule has 5 nitrogen and oxygen atoms in total. The van der Waals surface area contributed by atoms with E-state index in [1.165, 1.54) is 0 Å². The number of hydrogen-bond acceptors (Lipinski definition) is 4. The Bertz CT molecular complexity index is 1120. The van der Waals surface area contributed by atoms with Gasteiger partial charge < -0.3 is 9.05 Å². The molecule has 0 unspecified atom stereocenters. The standard InChI is InChI=1S/C23H21N2O3P/c1-17-8-12-20(13-9-17)27-29(26,28-21-14-10-18(2)11-15-21)25-22-7-3-5-19-6-4-16-24-23(19)22/h3-16H,1-2H3,(H,25,26). The Hall–Kier alpha value is -3.30. The molecule has 0 aliphatic heterocycles.